The number of rotatable bonds is 3. The van der Waals surface area contributed by atoms with Crippen LogP contribution in [0.2, 0.25) is 0 Å². The van der Waals surface area contributed by atoms with Gasteiger partial charge in [0, 0.05) is 0 Å². The van der Waals surface area contributed by atoms with Gasteiger partial charge in [0.25, 0.3) is 0 Å². The van der Waals surface area contributed by atoms with Crippen molar-refractivity contribution in [3.8, 4) is 0 Å². The maximum atomic E-state index is 13.6. The molecule has 0 fully saturated rings. The van der Waals surface area contributed by atoms with Gasteiger partial charge in [0.05, 0.1) is 11.7 Å². The number of hydrogen-bond donors (Lipinski definition) is 1. The van der Waals surface area contributed by atoms with E-state index in [1.807, 2.05) is 39.0 Å². The molecule has 0 spiro atoms. The summed E-state index contributed by atoms with van der Waals surface area (Å²) in [5.74, 6) is 1.43. The van der Waals surface area contributed by atoms with Gasteiger partial charge in [-0.1, -0.05) is 6.07 Å². The van der Waals surface area contributed by atoms with Gasteiger partial charge in [-0.25, -0.2) is 4.39 Å². The van der Waals surface area contributed by atoms with Gasteiger partial charge in [0.2, 0.25) is 0 Å². The number of halogens is 1. The van der Waals surface area contributed by atoms with Crippen molar-refractivity contribution in [1.29, 1.82) is 0 Å². The van der Waals surface area contributed by atoms with Crippen LogP contribution in [0, 0.1) is 19.7 Å². The van der Waals surface area contributed by atoms with Gasteiger partial charge >= 0.3 is 0 Å². The average Bonchev–Trinajstić information content (AvgIpc) is 2.69. The summed E-state index contributed by atoms with van der Waals surface area (Å²) in [6.07, 6.45) is 0. The third-order valence-corrected chi connectivity index (χ3v) is 2.68. The minimum atomic E-state index is -0.236. The predicted octanol–water partition coefficient (Wildman–Crippen LogP) is 4.21. The van der Waals surface area contributed by atoms with Crippen molar-refractivity contribution in [1.82, 2.24) is 0 Å². The van der Waals surface area contributed by atoms with Crippen LogP contribution in [-0.2, 0) is 0 Å². The van der Waals surface area contributed by atoms with Gasteiger partial charge < -0.3 is 9.73 Å². The Morgan fingerprint density at radius 3 is 2.53 bits per heavy atom. The van der Waals surface area contributed by atoms with Crippen LogP contribution >= 0.6 is 0 Å². The summed E-state index contributed by atoms with van der Waals surface area (Å²) < 4.78 is 19.1. The van der Waals surface area contributed by atoms with E-state index in [2.05, 4.69) is 5.32 Å². The van der Waals surface area contributed by atoms with Crippen molar-refractivity contribution in [3.05, 3.63) is 53.2 Å². The number of hydrogen-bond acceptors (Lipinski definition) is 2. The van der Waals surface area contributed by atoms with Crippen molar-refractivity contribution in [2.75, 3.05) is 5.32 Å². The van der Waals surface area contributed by atoms with Crippen LogP contribution in [0.15, 0.2) is 34.7 Å². The first-order chi connectivity index (χ1) is 8.06. The maximum absolute atomic E-state index is 13.6. The maximum Gasteiger partial charge on any atom is 0.146 e. The van der Waals surface area contributed by atoms with Gasteiger partial charge in [0.1, 0.15) is 17.3 Å². The molecule has 1 aromatic carbocycles. The Morgan fingerprint density at radius 1 is 1.18 bits per heavy atom. The van der Waals surface area contributed by atoms with Gasteiger partial charge in [-0.2, -0.15) is 0 Å². The molecule has 1 aromatic heterocycles. The first kappa shape index (κ1) is 11.7. The first-order valence-corrected chi connectivity index (χ1v) is 5.65. The fraction of sp³-hybridized carbons (Fsp3) is 0.286. The second kappa shape index (κ2) is 4.62. The highest BCUT2D eigenvalue weighted by Gasteiger charge is 2.11. The predicted molar refractivity (Wildman–Crippen MR) is 66.6 cm³/mol. The Balaban J connectivity index is 2.15. The fourth-order valence-electron chi connectivity index (χ4n) is 1.73. The summed E-state index contributed by atoms with van der Waals surface area (Å²) >= 11 is 0. The molecule has 2 rings (SSSR count). The molecule has 1 atom stereocenters. The van der Waals surface area contributed by atoms with E-state index >= 15 is 0 Å². The highest BCUT2D eigenvalue weighted by Crippen LogP contribution is 2.23. The third kappa shape index (κ3) is 2.67. The van der Waals surface area contributed by atoms with Gasteiger partial charge in [0.15, 0.2) is 0 Å². The van der Waals surface area contributed by atoms with Crippen molar-refractivity contribution < 1.29 is 8.81 Å². The fourth-order valence-corrected chi connectivity index (χ4v) is 1.73. The molecule has 0 amide bonds. The molecule has 2 nitrogen and oxygen atoms in total. The molecule has 1 N–H and O–H groups in total. The van der Waals surface area contributed by atoms with Gasteiger partial charge in [-0.15, -0.1) is 0 Å². The molecule has 1 heterocycles. The molecule has 3 heteroatoms. The van der Waals surface area contributed by atoms with Crippen LogP contribution in [0.5, 0.6) is 0 Å². The van der Waals surface area contributed by atoms with Crippen LogP contribution in [0.3, 0.4) is 0 Å². The zero-order valence-corrected chi connectivity index (χ0v) is 10.3. The van der Waals surface area contributed by atoms with Gasteiger partial charge in [-0.05, 0) is 50.6 Å². The van der Waals surface area contributed by atoms with Gasteiger partial charge in [-0.3, -0.25) is 0 Å². The van der Waals surface area contributed by atoms with E-state index in [9.17, 15) is 4.39 Å². The Hall–Kier alpha value is -1.77. The van der Waals surface area contributed by atoms with Crippen molar-refractivity contribution in [3.63, 3.8) is 0 Å². The lowest BCUT2D eigenvalue weighted by Crippen LogP contribution is -2.07. The van der Waals surface area contributed by atoms with Crippen molar-refractivity contribution in [2.24, 2.45) is 0 Å². The number of furan rings is 1. The average molecular weight is 233 g/mol. The lowest BCUT2D eigenvalue weighted by molar-refractivity contribution is 0.466. The smallest absolute Gasteiger partial charge is 0.146 e. The van der Waals surface area contributed by atoms with E-state index in [0.29, 0.717) is 5.69 Å². The number of anilines is 1. The van der Waals surface area contributed by atoms with Crippen LogP contribution in [-0.4, -0.2) is 0 Å². The lowest BCUT2D eigenvalue weighted by Gasteiger charge is -2.13. The molecule has 90 valence electrons. The van der Waals surface area contributed by atoms with Crippen molar-refractivity contribution >= 4 is 5.69 Å². The molecule has 0 saturated heterocycles. The molecule has 0 saturated carbocycles. The summed E-state index contributed by atoms with van der Waals surface area (Å²) in [5.41, 5.74) is 1.41. The first-order valence-electron chi connectivity index (χ1n) is 5.65. The van der Waals surface area contributed by atoms with E-state index < -0.39 is 0 Å². The van der Waals surface area contributed by atoms with E-state index in [4.69, 9.17) is 4.42 Å². The Kier molecular flexibility index (Phi) is 3.18. The molecule has 0 aliphatic heterocycles. The van der Waals surface area contributed by atoms with Crippen molar-refractivity contribution in [2.45, 2.75) is 26.8 Å². The number of nitrogens with one attached hydrogen (secondary N) is 1. The lowest BCUT2D eigenvalue weighted by atomic mass is 10.2. The highest BCUT2D eigenvalue weighted by molar-refractivity contribution is 5.47. The third-order valence-electron chi connectivity index (χ3n) is 2.68. The summed E-state index contributed by atoms with van der Waals surface area (Å²) in [6, 6.07) is 8.89. The van der Waals surface area contributed by atoms with Crippen LogP contribution < -0.4 is 5.32 Å². The summed E-state index contributed by atoms with van der Waals surface area (Å²) in [7, 11) is 0. The molecule has 0 aliphatic carbocycles. The molecule has 0 radical (unpaired) electrons. The Bertz CT molecular complexity index is 519. The molecule has 0 aliphatic rings. The quantitative estimate of drug-likeness (QED) is 0.859. The second-order valence-electron chi connectivity index (χ2n) is 4.30. The highest BCUT2D eigenvalue weighted by atomic mass is 19.1. The van der Waals surface area contributed by atoms with Crippen LogP contribution in [0.4, 0.5) is 10.1 Å². The molecular weight excluding hydrogens is 217 g/mol. The molecular formula is C14H16FNO. The summed E-state index contributed by atoms with van der Waals surface area (Å²) in [6.45, 7) is 5.70. The molecule has 1 unspecified atom stereocenters. The minimum absolute atomic E-state index is 0.0547. The normalized spacial score (nSPS) is 12.5. The Labute approximate surface area is 100 Å². The SMILES string of the molecule is Cc1ccc(NC(C)c2ccc(C)o2)c(F)c1. The number of benzene rings is 1. The largest absolute Gasteiger partial charge is 0.464 e. The second-order valence-corrected chi connectivity index (χ2v) is 4.30. The zero-order chi connectivity index (χ0) is 12.4. The van der Waals surface area contributed by atoms with Crippen LogP contribution in [0.1, 0.15) is 30.0 Å². The number of aryl methyl sites for hydroxylation is 2. The monoisotopic (exact) mass is 233 g/mol. The minimum Gasteiger partial charge on any atom is -0.464 e. The summed E-state index contributed by atoms with van der Waals surface area (Å²) in [4.78, 5) is 0. The standard InChI is InChI=1S/C14H16FNO/c1-9-4-6-13(12(15)8-9)16-11(3)14-7-5-10(2)17-14/h4-8,11,16H,1-3H3. The van der Waals surface area contributed by atoms with E-state index in [1.165, 1.54) is 6.07 Å². The van der Waals surface area contributed by atoms with Crippen LogP contribution in [0.25, 0.3) is 0 Å². The Morgan fingerprint density at radius 2 is 1.94 bits per heavy atom. The van der Waals surface area contributed by atoms with E-state index in [0.717, 1.165) is 17.1 Å². The molecule has 2 aromatic rings. The van der Waals surface area contributed by atoms with E-state index in [1.54, 1.807) is 6.07 Å². The molecule has 17 heavy (non-hydrogen) atoms. The zero-order valence-electron chi connectivity index (χ0n) is 10.3. The topological polar surface area (TPSA) is 25.2 Å². The van der Waals surface area contributed by atoms with E-state index in [-0.39, 0.29) is 11.9 Å². The molecule has 0 bridgehead atoms. The summed E-state index contributed by atoms with van der Waals surface area (Å²) in [5, 5.41) is 3.10.